The summed E-state index contributed by atoms with van der Waals surface area (Å²) in [5.41, 5.74) is 0. The molecule has 0 amide bonds. The molecule has 1 saturated carbocycles. The highest BCUT2D eigenvalue weighted by atomic mass is 127. The standard InChI is InChI=1S/C3H5O.CH3I.CO2/c4-3-1-2-3;1-2;2-1-3/h3H,1-2H2;1H3;. The van der Waals surface area contributed by atoms with Crippen molar-refractivity contribution in [2.75, 3.05) is 4.93 Å². The number of hydrogen-bond donors (Lipinski definition) is 0. The van der Waals surface area contributed by atoms with Gasteiger partial charge in [0.25, 0.3) is 0 Å². The normalized spacial score (nSPS) is 13.2. The van der Waals surface area contributed by atoms with E-state index >= 15 is 0 Å². The molecule has 1 aliphatic carbocycles. The Bertz CT molecular complexity index is 74.3. The molecule has 53 valence electrons. The van der Waals surface area contributed by atoms with E-state index in [-0.39, 0.29) is 12.3 Å². The lowest BCUT2D eigenvalue weighted by Gasteiger charge is -1.50. The average molecular weight is 243 g/mol. The van der Waals surface area contributed by atoms with E-state index in [1.165, 1.54) is 0 Å². The molecule has 0 aromatic rings. The molecule has 0 atom stereocenters. The van der Waals surface area contributed by atoms with Crippen molar-refractivity contribution in [2.45, 2.75) is 18.9 Å². The predicted molar refractivity (Wildman–Crippen MR) is 38.7 cm³/mol. The van der Waals surface area contributed by atoms with Gasteiger partial charge in [-0.05, 0) is 17.8 Å². The largest absolute Gasteiger partial charge is 0.373 e. The molecule has 1 rings (SSSR count). The molecular weight excluding hydrogens is 235 g/mol. The van der Waals surface area contributed by atoms with Crippen molar-refractivity contribution in [1.29, 1.82) is 0 Å². The van der Waals surface area contributed by atoms with E-state index in [2.05, 4.69) is 22.6 Å². The number of rotatable bonds is 0. The van der Waals surface area contributed by atoms with E-state index in [9.17, 15) is 5.11 Å². The van der Waals surface area contributed by atoms with E-state index in [0.29, 0.717) is 0 Å². The highest BCUT2D eigenvalue weighted by Gasteiger charge is 2.18. The Morgan fingerprint density at radius 3 is 1.44 bits per heavy atom. The Kier molecular flexibility index (Phi) is 14.4. The number of carbonyl (C=O) groups excluding carboxylic acids is 2. The summed E-state index contributed by atoms with van der Waals surface area (Å²) in [6.07, 6.45) is 1.94. The molecule has 0 aromatic carbocycles. The summed E-state index contributed by atoms with van der Waals surface area (Å²) < 4.78 is 0. The lowest BCUT2D eigenvalue weighted by molar-refractivity contribution is -0.191. The smallest absolute Gasteiger partial charge is 0.233 e. The van der Waals surface area contributed by atoms with Crippen molar-refractivity contribution < 1.29 is 14.7 Å². The van der Waals surface area contributed by atoms with E-state index in [4.69, 9.17) is 9.59 Å². The zero-order chi connectivity index (χ0) is 7.70. The van der Waals surface area contributed by atoms with Crippen molar-refractivity contribution in [3.05, 3.63) is 0 Å². The second-order valence-corrected chi connectivity index (χ2v) is 1.28. The maximum Gasteiger partial charge on any atom is 0.373 e. The maximum absolute atomic E-state index is 9.64. The van der Waals surface area contributed by atoms with Gasteiger partial charge in [0.2, 0.25) is 0 Å². The van der Waals surface area contributed by atoms with Gasteiger partial charge in [-0.1, -0.05) is 22.6 Å². The number of hydrogen-bond acceptors (Lipinski definition) is 2. The SMILES string of the molecule is CI.O=C=O.[O]C1CC1. The molecule has 3 nitrogen and oxygen atoms in total. The van der Waals surface area contributed by atoms with Gasteiger partial charge in [-0.3, -0.25) is 0 Å². The molecule has 0 aromatic heterocycles. The van der Waals surface area contributed by atoms with Gasteiger partial charge in [0.05, 0.1) is 6.10 Å². The number of alkyl halides is 1. The van der Waals surface area contributed by atoms with Gasteiger partial charge in [0.1, 0.15) is 0 Å². The molecule has 0 unspecified atom stereocenters. The molecular formula is C5H8IO3. The first-order valence-electron chi connectivity index (χ1n) is 2.34. The summed E-state index contributed by atoms with van der Waals surface area (Å²) in [6, 6.07) is 0. The van der Waals surface area contributed by atoms with Crippen LogP contribution in [0, 0.1) is 0 Å². The van der Waals surface area contributed by atoms with Crippen LogP contribution in [0.15, 0.2) is 0 Å². The van der Waals surface area contributed by atoms with Crippen LogP contribution in [0.1, 0.15) is 12.8 Å². The van der Waals surface area contributed by atoms with Crippen LogP contribution >= 0.6 is 22.6 Å². The van der Waals surface area contributed by atoms with E-state index in [1.54, 1.807) is 0 Å². The van der Waals surface area contributed by atoms with Gasteiger partial charge in [-0.15, -0.1) is 0 Å². The van der Waals surface area contributed by atoms with Gasteiger partial charge in [0, 0.05) is 0 Å². The van der Waals surface area contributed by atoms with E-state index < -0.39 is 0 Å². The monoisotopic (exact) mass is 243 g/mol. The second-order valence-electron chi connectivity index (χ2n) is 1.28. The molecule has 1 fully saturated rings. The van der Waals surface area contributed by atoms with Crippen LogP contribution in [0.25, 0.3) is 0 Å². The van der Waals surface area contributed by atoms with Gasteiger partial charge in [-0.25, -0.2) is 5.11 Å². The molecule has 1 radical (unpaired) electrons. The fraction of sp³-hybridized carbons (Fsp3) is 0.800. The Morgan fingerprint density at radius 1 is 1.33 bits per heavy atom. The van der Waals surface area contributed by atoms with Crippen molar-refractivity contribution in [3.63, 3.8) is 0 Å². The van der Waals surface area contributed by atoms with Crippen molar-refractivity contribution in [3.8, 4) is 0 Å². The maximum atomic E-state index is 9.64. The zero-order valence-corrected chi connectivity index (χ0v) is 7.25. The summed E-state index contributed by atoms with van der Waals surface area (Å²) in [7, 11) is 0. The minimum Gasteiger partial charge on any atom is -0.233 e. The zero-order valence-electron chi connectivity index (χ0n) is 5.09. The van der Waals surface area contributed by atoms with Crippen molar-refractivity contribution >= 4 is 28.7 Å². The Hall–Kier alpha value is 0.0700. The molecule has 0 saturated heterocycles. The molecule has 0 heterocycles. The minimum atomic E-state index is -0.167. The van der Waals surface area contributed by atoms with Crippen LogP contribution < -0.4 is 0 Å². The molecule has 9 heavy (non-hydrogen) atoms. The molecule has 0 N–H and O–H groups in total. The third kappa shape index (κ3) is 31.5. The summed E-state index contributed by atoms with van der Waals surface area (Å²) in [6.45, 7) is 0. The molecule has 1 aliphatic rings. The first-order valence-corrected chi connectivity index (χ1v) is 4.50. The third-order valence-electron chi connectivity index (χ3n) is 0.524. The first kappa shape index (κ1) is 11.8. The highest BCUT2D eigenvalue weighted by molar-refractivity contribution is 14.1. The van der Waals surface area contributed by atoms with Crippen molar-refractivity contribution in [1.82, 2.24) is 0 Å². The van der Waals surface area contributed by atoms with Crippen LogP contribution in [-0.4, -0.2) is 17.2 Å². The van der Waals surface area contributed by atoms with Crippen molar-refractivity contribution in [2.24, 2.45) is 0 Å². The lowest BCUT2D eigenvalue weighted by atomic mass is 10.9. The second kappa shape index (κ2) is 10.9. The number of halogens is 1. The fourth-order valence-electron chi connectivity index (χ4n) is 0.0680. The molecule has 4 heteroatoms. The molecule has 0 aliphatic heterocycles. The summed E-state index contributed by atoms with van der Waals surface area (Å²) in [5, 5.41) is 9.64. The van der Waals surface area contributed by atoms with E-state index in [1.807, 2.05) is 4.93 Å². The average Bonchev–Trinajstić information content (AvgIpc) is 2.59. The summed E-state index contributed by atoms with van der Waals surface area (Å²) in [5.74, 6) is 0. The summed E-state index contributed by atoms with van der Waals surface area (Å²) in [4.78, 5) is 18.2. The predicted octanol–water partition coefficient (Wildman–Crippen LogP) is 1.05. The Labute approximate surface area is 67.6 Å². The van der Waals surface area contributed by atoms with Gasteiger partial charge >= 0.3 is 6.15 Å². The van der Waals surface area contributed by atoms with Crippen LogP contribution in [0.2, 0.25) is 0 Å². The third-order valence-corrected chi connectivity index (χ3v) is 0.524. The Morgan fingerprint density at radius 2 is 1.44 bits per heavy atom. The molecule has 0 bridgehead atoms. The van der Waals surface area contributed by atoms with Gasteiger partial charge in [-0.2, -0.15) is 9.59 Å². The van der Waals surface area contributed by atoms with Crippen LogP contribution in [-0.2, 0) is 14.7 Å². The summed E-state index contributed by atoms with van der Waals surface area (Å²) >= 11 is 2.15. The van der Waals surface area contributed by atoms with Gasteiger partial charge in [0.15, 0.2) is 0 Å². The lowest BCUT2D eigenvalue weighted by Crippen LogP contribution is -1.60. The van der Waals surface area contributed by atoms with Crippen LogP contribution in [0.5, 0.6) is 0 Å². The molecule has 0 spiro atoms. The first-order chi connectivity index (χ1) is 4.31. The van der Waals surface area contributed by atoms with Gasteiger partial charge < -0.3 is 0 Å². The topological polar surface area (TPSA) is 54.0 Å². The Balaban J connectivity index is 0. The van der Waals surface area contributed by atoms with E-state index in [0.717, 1.165) is 12.8 Å². The highest BCUT2D eigenvalue weighted by Crippen LogP contribution is 2.17. The quantitative estimate of drug-likeness (QED) is 0.471. The minimum absolute atomic E-state index is 0.167. The van der Waals surface area contributed by atoms with Crippen LogP contribution in [0.3, 0.4) is 0 Å². The fourth-order valence-corrected chi connectivity index (χ4v) is 0.0680. The van der Waals surface area contributed by atoms with Crippen LogP contribution in [0.4, 0.5) is 0 Å².